The minimum Gasteiger partial charge on any atom is -0.481 e. The summed E-state index contributed by atoms with van der Waals surface area (Å²) in [6.45, 7) is 4.10. The summed E-state index contributed by atoms with van der Waals surface area (Å²) < 4.78 is 0. The van der Waals surface area contributed by atoms with Crippen LogP contribution in [-0.2, 0) is 4.79 Å². The van der Waals surface area contributed by atoms with E-state index in [0.717, 1.165) is 5.56 Å². The van der Waals surface area contributed by atoms with Crippen LogP contribution in [0.1, 0.15) is 28.6 Å². The van der Waals surface area contributed by atoms with Crippen LogP contribution in [0.25, 0.3) is 0 Å². The summed E-state index contributed by atoms with van der Waals surface area (Å²) in [5.74, 6) is -1.48. The lowest BCUT2D eigenvalue weighted by molar-refractivity contribution is -0.142. The Morgan fingerprint density at radius 2 is 2.22 bits per heavy atom. The average Bonchev–Trinajstić information content (AvgIpc) is 2.84. The first-order valence-corrected chi connectivity index (χ1v) is 6.96. The molecule has 0 aliphatic carbocycles. The zero-order valence-corrected chi connectivity index (χ0v) is 11.7. The highest BCUT2D eigenvalue weighted by molar-refractivity contribution is 7.13. The van der Waals surface area contributed by atoms with Crippen molar-refractivity contribution in [3.05, 3.63) is 20.8 Å². The van der Waals surface area contributed by atoms with Crippen molar-refractivity contribution in [3.8, 4) is 0 Å². The van der Waals surface area contributed by atoms with Crippen LogP contribution in [-0.4, -0.2) is 34.5 Å². The van der Waals surface area contributed by atoms with Gasteiger partial charge in [-0.15, -0.1) is 11.3 Å². The number of halogens is 1. The molecule has 0 saturated carbocycles. The number of carboxylic acid groups (broad SMARTS) is 1. The fourth-order valence-electron chi connectivity index (χ4n) is 2.26. The van der Waals surface area contributed by atoms with Gasteiger partial charge in [-0.3, -0.25) is 9.59 Å². The Hall–Kier alpha value is -1.07. The molecule has 2 unspecified atom stereocenters. The van der Waals surface area contributed by atoms with Gasteiger partial charge in [-0.25, -0.2) is 0 Å². The molecule has 1 amide bonds. The molecule has 2 rings (SSSR count). The molecule has 1 aliphatic heterocycles. The molecule has 1 aliphatic rings. The van der Waals surface area contributed by atoms with E-state index in [1.54, 1.807) is 11.8 Å². The van der Waals surface area contributed by atoms with Crippen molar-refractivity contribution in [3.63, 3.8) is 0 Å². The molecule has 1 N–H and O–H groups in total. The first-order valence-electron chi connectivity index (χ1n) is 5.70. The van der Waals surface area contributed by atoms with Crippen LogP contribution >= 0.6 is 22.9 Å². The van der Waals surface area contributed by atoms with Crippen molar-refractivity contribution in [2.24, 2.45) is 5.92 Å². The van der Waals surface area contributed by atoms with Gasteiger partial charge in [-0.2, -0.15) is 0 Å². The largest absolute Gasteiger partial charge is 0.481 e. The van der Waals surface area contributed by atoms with Crippen molar-refractivity contribution in [2.75, 3.05) is 6.54 Å². The molecule has 0 radical (unpaired) electrons. The number of carbonyl (C=O) groups is 2. The quantitative estimate of drug-likeness (QED) is 0.910. The SMILES string of the molecule is Cc1csc(C(=O)N2CCC(C(=O)O)C2C)c1Cl. The summed E-state index contributed by atoms with van der Waals surface area (Å²) in [6, 6.07) is -0.284. The number of likely N-dealkylation sites (tertiary alicyclic amines) is 1. The summed E-state index contributed by atoms with van der Waals surface area (Å²) in [5.41, 5.74) is 0.881. The number of carboxylic acids is 1. The standard InChI is InChI=1S/C12H14ClNO3S/c1-6-5-18-10(9(6)13)11(15)14-4-3-8(7(14)2)12(16)17/h5,7-8H,3-4H2,1-2H3,(H,16,17). The van der Waals surface area contributed by atoms with Gasteiger partial charge in [0, 0.05) is 12.6 Å². The molecule has 1 aromatic heterocycles. The second-order valence-electron chi connectivity index (χ2n) is 4.53. The number of aryl methyl sites for hydroxylation is 1. The minimum absolute atomic E-state index is 0.158. The first-order chi connectivity index (χ1) is 8.43. The summed E-state index contributed by atoms with van der Waals surface area (Å²) in [5, 5.41) is 11.4. The molecule has 1 saturated heterocycles. The van der Waals surface area contributed by atoms with E-state index in [2.05, 4.69) is 0 Å². The molecule has 4 nitrogen and oxygen atoms in total. The maximum atomic E-state index is 12.3. The van der Waals surface area contributed by atoms with Gasteiger partial charge in [-0.05, 0) is 31.2 Å². The van der Waals surface area contributed by atoms with Crippen LogP contribution in [0.4, 0.5) is 0 Å². The number of carbonyl (C=O) groups excluding carboxylic acids is 1. The van der Waals surface area contributed by atoms with Crippen molar-refractivity contribution in [1.29, 1.82) is 0 Å². The second-order valence-corrected chi connectivity index (χ2v) is 5.79. The van der Waals surface area contributed by atoms with Crippen molar-refractivity contribution in [1.82, 2.24) is 4.90 Å². The number of rotatable bonds is 2. The van der Waals surface area contributed by atoms with Crippen LogP contribution in [0.15, 0.2) is 5.38 Å². The zero-order chi connectivity index (χ0) is 13.4. The van der Waals surface area contributed by atoms with Gasteiger partial charge in [0.15, 0.2) is 0 Å². The van der Waals surface area contributed by atoms with E-state index in [-0.39, 0.29) is 11.9 Å². The minimum atomic E-state index is -0.841. The highest BCUT2D eigenvalue weighted by atomic mass is 35.5. The summed E-state index contributed by atoms with van der Waals surface area (Å²) in [4.78, 5) is 25.5. The number of hydrogen-bond donors (Lipinski definition) is 1. The van der Waals surface area contributed by atoms with E-state index in [9.17, 15) is 9.59 Å². The maximum absolute atomic E-state index is 12.3. The van der Waals surface area contributed by atoms with E-state index >= 15 is 0 Å². The number of nitrogens with zero attached hydrogens (tertiary/aromatic N) is 1. The van der Waals surface area contributed by atoms with Gasteiger partial charge in [0.1, 0.15) is 4.88 Å². The highest BCUT2D eigenvalue weighted by Crippen LogP contribution is 2.32. The third-order valence-corrected chi connectivity index (χ3v) is 5.11. The predicted octanol–water partition coefficient (Wildman–Crippen LogP) is 2.65. The number of aliphatic carboxylic acids is 1. The van der Waals surface area contributed by atoms with Crippen LogP contribution in [0.5, 0.6) is 0 Å². The van der Waals surface area contributed by atoms with Gasteiger partial charge in [0.2, 0.25) is 0 Å². The summed E-state index contributed by atoms with van der Waals surface area (Å²) >= 11 is 7.39. The Kier molecular flexibility index (Phi) is 3.64. The summed E-state index contributed by atoms with van der Waals surface area (Å²) in [7, 11) is 0. The molecule has 98 valence electrons. The molecular formula is C12H14ClNO3S. The fourth-order valence-corrected chi connectivity index (χ4v) is 3.49. The van der Waals surface area contributed by atoms with Crippen molar-refractivity contribution >= 4 is 34.8 Å². The van der Waals surface area contributed by atoms with Crippen LogP contribution in [0.3, 0.4) is 0 Å². The molecule has 2 atom stereocenters. The predicted molar refractivity (Wildman–Crippen MR) is 70.3 cm³/mol. The molecule has 1 aromatic rings. The Morgan fingerprint density at radius 1 is 1.56 bits per heavy atom. The Morgan fingerprint density at radius 3 is 2.67 bits per heavy atom. The number of thiophene rings is 1. The molecule has 6 heteroatoms. The van der Waals surface area contributed by atoms with Crippen LogP contribution < -0.4 is 0 Å². The Labute approximate surface area is 114 Å². The van der Waals surface area contributed by atoms with E-state index in [1.807, 2.05) is 12.3 Å². The molecule has 18 heavy (non-hydrogen) atoms. The van der Waals surface area contributed by atoms with E-state index in [0.29, 0.717) is 22.9 Å². The lowest BCUT2D eigenvalue weighted by Gasteiger charge is -2.22. The summed E-state index contributed by atoms with van der Waals surface area (Å²) in [6.07, 6.45) is 0.504. The third kappa shape index (κ3) is 2.12. The maximum Gasteiger partial charge on any atom is 0.308 e. The third-order valence-electron chi connectivity index (χ3n) is 3.43. The molecule has 0 spiro atoms. The Balaban J connectivity index is 2.21. The number of amides is 1. The first kappa shape index (κ1) is 13.4. The number of hydrogen-bond acceptors (Lipinski definition) is 3. The lowest BCUT2D eigenvalue weighted by Crippen LogP contribution is -2.37. The molecule has 0 bridgehead atoms. The fraction of sp³-hybridized carbons (Fsp3) is 0.500. The molecule has 1 fully saturated rings. The van der Waals surface area contributed by atoms with E-state index in [1.165, 1.54) is 11.3 Å². The van der Waals surface area contributed by atoms with Gasteiger partial charge < -0.3 is 10.0 Å². The van der Waals surface area contributed by atoms with Crippen LogP contribution in [0.2, 0.25) is 5.02 Å². The van der Waals surface area contributed by atoms with Crippen molar-refractivity contribution in [2.45, 2.75) is 26.3 Å². The monoisotopic (exact) mass is 287 g/mol. The topological polar surface area (TPSA) is 57.6 Å². The second kappa shape index (κ2) is 4.90. The van der Waals surface area contributed by atoms with Gasteiger partial charge in [0.05, 0.1) is 10.9 Å². The smallest absolute Gasteiger partial charge is 0.308 e. The van der Waals surface area contributed by atoms with Gasteiger partial charge in [0.25, 0.3) is 5.91 Å². The van der Waals surface area contributed by atoms with Crippen LogP contribution in [0, 0.1) is 12.8 Å². The van der Waals surface area contributed by atoms with Gasteiger partial charge >= 0.3 is 5.97 Å². The normalized spacial score (nSPS) is 23.4. The Bertz CT molecular complexity index is 500. The van der Waals surface area contributed by atoms with Crippen molar-refractivity contribution < 1.29 is 14.7 Å². The van der Waals surface area contributed by atoms with E-state index in [4.69, 9.17) is 16.7 Å². The highest BCUT2D eigenvalue weighted by Gasteiger charge is 2.39. The zero-order valence-electron chi connectivity index (χ0n) is 10.1. The van der Waals surface area contributed by atoms with Gasteiger partial charge in [-0.1, -0.05) is 11.6 Å². The molecule has 2 heterocycles. The molecular weight excluding hydrogens is 274 g/mol. The molecule has 0 aromatic carbocycles. The lowest BCUT2D eigenvalue weighted by atomic mass is 10.0. The average molecular weight is 288 g/mol. The van der Waals surface area contributed by atoms with E-state index < -0.39 is 11.9 Å².